The number of benzene rings is 1. The van der Waals surface area contributed by atoms with E-state index in [-0.39, 0.29) is 11.5 Å². The number of hydrogen-bond donors (Lipinski definition) is 2. The highest BCUT2D eigenvalue weighted by Crippen LogP contribution is 2.25. The van der Waals surface area contributed by atoms with Crippen molar-refractivity contribution in [2.24, 2.45) is 0 Å². The monoisotopic (exact) mass is 325 g/mol. The van der Waals surface area contributed by atoms with Crippen molar-refractivity contribution in [3.05, 3.63) is 69.5 Å². The van der Waals surface area contributed by atoms with Gasteiger partial charge in [-0.3, -0.25) is 14.9 Å². The Morgan fingerprint density at radius 3 is 2.65 bits per heavy atom. The van der Waals surface area contributed by atoms with Crippen molar-refractivity contribution in [3.8, 4) is 11.3 Å². The van der Waals surface area contributed by atoms with Crippen LogP contribution in [0.2, 0.25) is 0 Å². The van der Waals surface area contributed by atoms with Crippen LogP contribution >= 0.6 is 11.3 Å². The zero-order valence-corrected chi connectivity index (χ0v) is 13.3. The summed E-state index contributed by atoms with van der Waals surface area (Å²) in [7, 11) is 0. The lowest BCUT2D eigenvalue weighted by Crippen LogP contribution is -2.14. The van der Waals surface area contributed by atoms with Crippen molar-refractivity contribution >= 4 is 22.4 Å². The maximum atomic E-state index is 12.1. The van der Waals surface area contributed by atoms with Crippen LogP contribution in [0.4, 0.5) is 5.13 Å². The first kappa shape index (κ1) is 15.2. The molecule has 0 bridgehead atoms. The number of anilines is 1. The van der Waals surface area contributed by atoms with E-state index >= 15 is 0 Å². The molecule has 0 unspecified atom stereocenters. The lowest BCUT2D eigenvalue weighted by Gasteiger charge is -2.01. The van der Waals surface area contributed by atoms with Crippen LogP contribution in [0.15, 0.2) is 52.8 Å². The molecule has 0 spiro atoms. The molecule has 2 heterocycles. The van der Waals surface area contributed by atoms with Crippen LogP contribution in [0.5, 0.6) is 0 Å². The van der Waals surface area contributed by atoms with Crippen LogP contribution in [0, 0.1) is 0 Å². The number of carbonyl (C=O) groups is 1. The molecule has 0 atom stereocenters. The van der Waals surface area contributed by atoms with Crippen LogP contribution in [0.25, 0.3) is 11.3 Å². The van der Waals surface area contributed by atoms with Gasteiger partial charge in [-0.2, -0.15) is 0 Å². The SMILES string of the molecule is CCc1ccc(-c2csc(NC(=O)c3ccc(=O)[nH]c3)n2)cc1. The van der Waals surface area contributed by atoms with E-state index in [1.54, 1.807) is 0 Å². The van der Waals surface area contributed by atoms with E-state index in [0.717, 1.165) is 17.7 Å². The van der Waals surface area contributed by atoms with Crippen LogP contribution in [-0.4, -0.2) is 15.9 Å². The molecule has 2 aromatic heterocycles. The van der Waals surface area contributed by atoms with E-state index in [1.165, 1.54) is 35.2 Å². The van der Waals surface area contributed by atoms with Gasteiger partial charge in [-0.05, 0) is 18.1 Å². The zero-order valence-electron chi connectivity index (χ0n) is 12.5. The van der Waals surface area contributed by atoms with E-state index in [0.29, 0.717) is 10.7 Å². The Hall–Kier alpha value is -2.73. The minimum absolute atomic E-state index is 0.242. The second-order valence-corrected chi connectivity index (χ2v) is 5.84. The molecule has 0 fully saturated rings. The number of rotatable bonds is 4. The topological polar surface area (TPSA) is 74.8 Å². The fourth-order valence-electron chi connectivity index (χ4n) is 2.10. The van der Waals surface area contributed by atoms with Gasteiger partial charge >= 0.3 is 0 Å². The highest BCUT2D eigenvalue weighted by Gasteiger charge is 2.10. The first-order valence-electron chi connectivity index (χ1n) is 7.20. The maximum Gasteiger partial charge on any atom is 0.258 e. The van der Waals surface area contributed by atoms with Crippen molar-refractivity contribution < 1.29 is 4.79 Å². The Balaban J connectivity index is 1.74. The number of nitrogens with one attached hydrogen (secondary N) is 2. The van der Waals surface area contributed by atoms with Gasteiger partial charge in [0, 0.05) is 23.2 Å². The summed E-state index contributed by atoms with van der Waals surface area (Å²) in [5, 5.41) is 5.17. The number of aromatic nitrogens is 2. The molecule has 5 nitrogen and oxygen atoms in total. The average molecular weight is 325 g/mol. The number of hydrogen-bond acceptors (Lipinski definition) is 4. The number of carbonyl (C=O) groups excluding carboxylic acids is 1. The van der Waals surface area contributed by atoms with Gasteiger partial charge in [0.25, 0.3) is 5.91 Å². The molecule has 0 aliphatic heterocycles. The second-order valence-electron chi connectivity index (χ2n) is 4.98. The van der Waals surface area contributed by atoms with Crippen molar-refractivity contribution in [2.75, 3.05) is 5.32 Å². The first-order valence-corrected chi connectivity index (χ1v) is 8.08. The van der Waals surface area contributed by atoms with Crippen molar-refractivity contribution in [1.82, 2.24) is 9.97 Å². The van der Waals surface area contributed by atoms with Gasteiger partial charge in [0.05, 0.1) is 11.3 Å². The van der Waals surface area contributed by atoms with Gasteiger partial charge in [-0.1, -0.05) is 31.2 Å². The highest BCUT2D eigenvalue weighted by atomic mass is 32.1. The number of thiazole rings is 1. The Morgan fingerprint density at radius 1 is 1.22 bits per heavy atom. The maximum absolute atomic E-state index is 12.1. The fourth-order valence-corrected chi connectivity index (χ4v) is 2.81. The van der Waals surface area contributed by atoms with Crippen molar-refractivity contribution in [2.45, 2.75) is 13.3 Å². The van der Waals surface area contributed by atoms with Crippen LogP contribution in [-0.2, 0) is 6.42 Å². The number of nitrogens with zero attached hydrogens (tertiary/aromatic N) is 1. The molecule has 116 valence electrons. The predicted octanol–water partition coefficient (Wildman–Crippen LogP) is 3.31. The van der Waals surface area contributed by atoms with Gasteiger partial charge in [-0.25, -0.2) is 4.98 Å². The van der Waals surface area contributed by atoms with Gasteiger partial charge in [0.15, 0.2) is 5.13 Å². The van der Waals surface area contributed by atoms with E-state index in [9.17, 15) is 9.59 Å². The molecule has 0 saturated heterocycles. The van der Waals surface area contributed by atoms with E-state index in [4.69, 9.17) is 0 Å². The standard InChI is InChI=1S/C17H15N3O2S/c1-2-11-3-5-12(6-4-11)14-10-23-17(19-14)20-16(22)13-7-8-15(21)18-9-13/h3-10H,2H2,1H3,(H,18,21)(H,19,20,22). The Labute approximate surface area is 137 Å². The summed E-state index contributed by atoms with van der Waals surface area (Å²) in [6.45, 7) is 2.11. The number of aromatic amines is 1. The molecule has 1 aromatic carbocycles. The zero-order chi connectivity index (χ0) is 16.2. The third-order valence-electron chi connectivity index (χ3n) is 3.43. The van der Waals surface area contributed by atoms with Crippen molar-refractivity contribution in [3.63, 3.8) is 0 Å². The largest absolute Gasteiger partial charge is 0.328 e. The minimum atomic E-state index is -0.302. The third kappa shape index (κ3) is 3.54. The fraction of sp³-hybridized carbons (Fsp3) is 0.118. The normalized spacial score (nSPS) is 10.5. The van der Waals surface area contributed by atoms with Crippen molar-refractivity contribution in [1.29, 1.82) is 0 Å². The van der Waals surface area contributed by atoms with E-state index in [2.05, 4.69) is 34.3 Å². The quantitative estimate of drug-likeness (QED) is 0.773. The lowest BCUT2D eigenvalue weighted by atomic mass is 10.1. The third-order valence-corrected chi connectivity index (χ3v) is 4.19. The molecule has 0 saturated carbocycles. The Bertz CT molecular complexity index is 861. The van der Waals surface area contributed by atoms with E-state index < -0.39 is 0 Å². The molecular formula is C17H15N3O2S. The number of aryl methyl sites for hydroxylation is 1. The molecule has 0 radical (unpaired) electrons. The summed E-state index contributed by atoms with van der Waals surface area (Å²) in [4.78, 5) is 30.0. The lowest BCUT2D eigenvalue weighted by molar-refractivity contribution is 0.102. The second kappa shape index (κ2) is 6.58. The molecule has 23 heavy (non-hydrogen) atoms. The molecule has 6 heteroatoms. The summed E-state index contributed by atoms with van der Waals surface area (Å²) in [5.74, 6) is -0.302. The number of pyridine rings is 1. The average Bonchev–Trinajstić information content (AvgIpc) is 3.04. The smallest absolute Gasteiger partial charge is 0.258 e. The highest BCUT2D eigenvalue weighted by molar-refractivity contribution is 7.14. The van der Waals surface area contributed by atoms with Crippen LogP contribution < -0.4 is 10.9 Å². The molecular weight excluding hydrogens is 310 g/mol. The first-order chi connectivity index (χ1) is 11.2. The van der Waals surface area contributed by atoms with Gasteiger partial charge in [0.1, 0.15) is 0 Å². The summed E-state index contributed by atoms with van der Waals surface area (Å²) in [6, 6.07) is 11.0. The summed E-state index contributed by atoms with van der Waals surface area (Å²) in [6.07, 6.45) is 2.38. The summed E-state index contributed by atoms with van der Waals surface area (Å²) < 4.78 is 0. The van der Waals surface area contributed by atoms with Crippen LogP contribution in [0.3, 0.4) is 0 Å². The Morgan fingerprint density at radius 2 is 2.00 bits per heavy atom. The van der Waals surface area contributed by atoms with E-state index in [1.807, 2.05) is 17.5 Å². The molecule has 0 aliphatic rings. The molecule has 3 aromatic rings. The molecule has 1 amide bonds. The number of amides is 1. The molecule has 0 aliphatic carbocycles. The van der Waals surface area contributed by atoms with Crippen LogP contribution in [0.1, 0.15) is 22.8 Å². The summed E-state index contributed by atoms with van der Waals surface area (Å²) in [5.41, 5.74) is 3.26. The van der Waals surface area contributed by atoms with Gasteiger partial charge in [0.2, 0.25) is 5.56 Å². The number of H-pyrrole nitrogens is 1. The van der Waals surface area contributed by atoms with Gasteiger partial charge in [-0.15, -0.1) is 11.3 Å². The molecule has 2 N–H and O–H groups in total. The predicted molar refractivity (Wildman–Crippen MR) is 91.9 cm³/mol. The summed E-state index contributed by atoms with van der Waals surface area (Å²) >= 11 is 1.37. The van der Waals surface area contributed by atoms with Gasteiger partial charge < -0.3 is 4.98 Å². The Kier molecular flexibility index (Phi) is 4.34. The molecule has 3 rings (SSSR count). The minimum Gasteiger partial charge on any atom is -0.328 e.